The van der Waals surface area contributed by atoms with Gasteiger partial charge < -0.3 is 11.1 Å². The molecule has 1 aromatic rings. The van der Waals surface area contributed by atoms with E-state index in [9.17, 15) is 9.59 Å². The van der Waals surface area contributed by atoms with Crippen molar-refractivity contribution in [1.29, 1.82) is 0 Å². The minimum absolute atomic E-state index is 0.0351. The Morgan fingerprint density at radius 2 is 2.06 bits per heavy atom. The number of nitrogens with one attached hydrogen (secondary N) is 1. The molecule has 1 unspecified atom stereocenters. The number of amides is 1. The molecule has 3 N–H and O–H groups in total. The van der Waals surface area contributed by atoms with Crippen molar-refractivity contribution in [2.75, 3.05) is 5.32 Å². The van der Waals surface area contributed by atoms with Crippen molar-refractivity contribution in [2.24, 2.45) is 5.73 Å². The third kappa shape index (κ3) is 3.39. The van der Waals surface area contributed by atoms with Gasteiger partial charge in [0.25, 0.3) is 0 Å². The molecule has 0 saturated heterocycles. The van der Waals surface area contributed by atoms with Crippen molar-refractivity contribution in [3.8, 4) is 0 Å². The zero-order valence-electron chi connectivity index (χ0n) is 10.4. The van der Waals surface area contributed by atoms with Crippen LogP contribution in [0.4, 0.5) is 5.69 Å². The first-order valence-electron chi connectivity index (χ1n) is 5.58. The average molecular weight is 234 g/mol. The highest BCUT2D eigenvalue weighted by Crippen LogP contribution is 2.14. The van der Waals surface area contributed by atoms with Crippen LogP contribution in [-0.2, 0) is 4.79 Å². The molecule has 0 saturated carbocycles. The van der Waals surface area contributed by atoms with Crippen molar-refractivity contribution in [2.45, 2.75) is 32.7 Å². The van der Waals surface area contributed by atoms with E-state index >= 15 is 0 Å². The number of hydrogen-bond donors (Lipinski definition) is 2. The smallest absolute Gasteiger partial charge is 0.244 e. The average Bonchev–Trinajstić information content (AvgIpc) is 2.29. The van der Waals surface area contributed by atoms with Gasteiger partial charge in [-0.3, -0.25) is 9.59 Å². The summed E-state index contributed by atoms with van der Waals surface area (Å²) in [6, 6.07) is 6.81. The fraction of sp³-hybridized carbons (Fsp3) is 0.385. The maximum Gasteiger partial charge on any atom is 0.244 e. The molecule has 1 rings (SSSR count). The molecule has 0 fully saturated rings. The molecule has 4 nitrogen and oxygen atoms in total. The molecular formula is C13H18N2O2. The summed E-state index contributed by atoms with van der Waals surface area (Å²) >= 11 is 0. The summed E-state index contributed by atoms with van der Waals surface area (Å²) < 4.78 is 0. The molecule has 0 bridgehead atoms. The summed E-state index contributed by atoms with van der Waals surface area (Å²) in [6.07, 6.45) is 0.547. The quantitative estimate of drug-likeness (QED) is 0.782. The SMILES string of the molecule is CCC(C)(N)C(=O)Nc1cccc(C(C)=O)c1. The van der Waals surface area contributed by atoms with E-state index in [2.05, 4.69) is 5.32 Å². The van der Waals surface area contributed by atoms with Crippen LogP contribution < -0.4 is 11.1 Å². The molecule has 4 heteroatoms. The van der Waals surface area contributed by atoms with Crippen molar-refractivity contribution >= 4 is 17.4 Å². The topological polar surface area (TPSA) is 72.2 Å². The van der Waals surface area contributed by atoms with E-state index < -0.39 is 5.54 Å². The molecule has 0 aromatic heterocycles. The Bertz CT molecular complexity index is 439. The van der Waals surface area contributed by atoms with Crippen molar-refractivity contribution < 1.29 is 9.59 Å². The number of hydrogen-bond acceptors (Lipinski definition) is 3. The summed E-state index contributed by atoms with van der Waals surface area (Å²) in [5.41, 5.74) is 6.09. The minimum Gasteiger partial charge on any atom is -0.324 e. The van der Waals surface area contributed by atoms with Gasteiger partial charge in [-0.05, 0) is 32.4 Å². The second-order valence-corrected chi connectivity index (χ2v) is 4.36. The number of rotatable bonds is 4. The lowest BCUT2D eigenvalue weighted by Gasteiger charge is -2.21. The molecule has 0 spiro atoms. The van der Waals surface area contributed by atoms with Crippen LogP contribution in [0.1, 0.15) is 37.6 Å². The maximum atomic E-state index is 11.8. The largest absolute Gasteiger partial charge is 0.324 e. The van der Waals surface area contributed by atoms with Gasteiger partial charge in [0.1, 0.15) is 0 Å². The van der Waals surface area contributed by atoms with Gasteiger partial charge in [-0.2, -0.15) is 0 Å². The van der Waals surface area contributed by atoms with Crippen molar-refractivity contribution in [3.05, 3.63) is 29.8 Å². The van der Waals surface area contributed by atoms with Crippen LogP contribution >= 0.6 is 0 Å². The monoisotopic (exact) mass is 234 g/mol. The zero-order valence-corrected chi connectivity index (χ0v) is 10.4. The molecule has 0 aliphatic heterocycles. The van der Waals surface area contributed by atoms with Crippen LogP contribution in [0.5, 0.6) is 0 Å². The van der Waals surface area contributed by atoms with Crippen LogP contribution in [0.3, 0.4) is 0 Å². The van der Waals surface area contributed by atoms with Gasteiger partial charge in [-0.15, -0.1) is 0 Å². The Labute approximate surface area is 101 Å². The van der Waals surface area contributed by atoms with E-state index in [1.807, 2.05) is 6.92 Å². The predicted molar refractivity (Wildman–Crippen MR) is 68.0 cm³/mol. The highest BCUT2D eigenvalue weighted by Gasteiger charge is 2.25. The number of Topliss-reactive ketones (excluding diaryl/α,β-unsaturated/α-hetero) is 1. The summed E-state index contributed by atoms with van der Waals surface area (Å²) in [5.74, 6) is -0.284. The van der Waals surface area contributed by atoms with Gasteiger partial charge in [0.15, 0.2) is 5.78 Å². The lowest BCUT2D eigenvalue weighted by atomic mass is 9.99. The number of anilines is 1. The fourth-order valence-corrected chi connectivity index (χ4v) is 1.25. The van der Waals surface area contributed by atoms with E-state index in [0.717, 1.165) is 0 Å². The summed E-state index contributed by atoms with van der Waals surface area (Å²) in [6.45, 7) is 5.02. The van der Waals surface area contributed by atoms with Crippen LogP contribution in [-0.4, -0.2) is 17.2 Å². The van der Waals surface area contributed by atoms with Gasteiger partial charge >= 0.3 is 0 Å². The van der Waals surface area contributed by atoms with Gasteiger partial charge in [0.2, 0.25) is 5.91 Å². The predicted octanol–water partition coefficient (Wildman–Crippen LogP) is 1.96. The van der Waals surface area contributed by atoms with E-state index in [1.165, 1.54) is 6.92 Å². The molecule has 17 heavy (non-hydrogen) atoms. The van der Waals surface area contributed by atoms with Crippen LogP contribution in [0.15, 0.2) is 24.3 Å². The Balaban J connectivity index is 2.86. The van der Waals surface area contributed by atoms with Crippen LogP contribution in [0.25, 0.3) is 0 Å². The summed E-state index contributed by atoms with van der Waals surface area (Å²) in [7, 11) is 0. The number of nitrogens with two attached hydrogens (primary N) is 1. The molecule has 92 valence electrons. The first-order valence-corrected chi connectivity index (χ1v) is 5.58. The van der Waals surface area contributed by atoms with Crippen molar-refractivity contribution in [3.63, 3.8) is 0 Å². The normalized spacial score (nSPS) is 13.9. The Kier molecular flexibility index (Phi) is 4.02. The van der Waals surface area contributed by atoms with Crippen LogP contribution in [0, 0.1) is 0 Å². The van der Waals surface area contributed by atoms with Crippen molar-refractivity contribution in [1.82, 2.24) is 0 Å². The van der Waals surface area contributed by atoms with E-state index in [4.69, 9.17) is 5.73 Å². The number of carbonyl (C=O) groups excluding carboxylic acids is 2. The standard InChI is InChI=1S/C13H18N2O2/c1-4-13(3,14)12(17)15-11-7-5-6-10(8-11)9(2)16/h5-8H,4,14H2,1-3H3,(H,15,17). The minimum atomic E-state index is -0.897. The highest BCUT2D eigenvalue weighted by atomic mass is 16.2. The number of benzene rings is 1. The second-order valence-electron chi connectivity index (χ2n) is 4.36. The van der Waals surface area contributed by atoms with Gasteiger partial charge in [-0.25, -0.2) is 0 Å². The lowest BCUT2D eigenvalue weighted by Crippen LogP contribution is -2.47. The molecular weight excluding hydrogens is 216 g/mol. The highest BCUT2D eigenvalue weighted by molar-refractivity contribution is 5.99. The lowest BCUT2D eigenvalue weighted by molar-refractivity contribution is -0.120. The molecule has 0 aliphatic carbocycles. The molecule has 1 atom stereocenters. The van der Waals surface area contributed by atoms with Crippen LogP contribution in [0.2, 0.25) is 0 Å². The first kappa shape index (κ1) is 13.4. The van der Waals surface area contributed by atoms with Gasteiger partial charge in [0, 0.05) is 11.3 Å². The third-order valence-electron chi connectivity index (χ3n) is 2.78. The second kappa shape index (κ2) is 5.10. The molecule has 1 amide bonds. The Morgan fingerprint density at radius 3 is 2.59 bits per heavy atom. The Morgan fingerprint density at radius 1 is 1.41 bits per heavy atom. The zero-order chi connectivity index (χ0) is 13.1. The summed E-state index contributed by atoms with van der Waals surface area (Å²) in [5, 5.41) is 2.71. The third-order valence-corrected chi connectivity index (χ3v) is 2.78. The summed E-state index contributed by atoms with van der Waals surface area (Å²) in [4.78, 5) is 23.0. The fourth-order valence-electron chi connectivity index (χ4n) is 1.25. The number of ketones is 1. The maximum absolute atomic E-state index is 11.8. The van der Waals surface area contributed by atoms with E-state index in [1.54, 1.807) is 31.2 Å². The first-order chi connectivity index (χ1) is 7.86. The van der Waals surface area contributed by atoms with Gasteiger partial charge in [0.05, 0.1) is 5.54 Å². The molecule has 0 aliphatic rings. The molecule has 0 radical (unpaired) electrons. The van der Waals surface area contributed by atoms with E-state index in [-0.39, 0.29) is 11.7 Å². The molecule has 0 heterocycles. The molecule has 1 aromatic carbocycles. The number of carbonyl (C=O) groups is 2. The van der Waals surface area contributed by atoms with Gasteiger partial charge in [-0.1, -0.05) is 19.1 Å². The Hall–Kier alpha value is -1.68. The van der Waals surface area contributed by atoms with E-state index in [0.29, 0.717) is 17.7 Å².